The second-order valence-corrected chi connectivity index (χ2v) is 4.66. The van der Waals surface area contributed by atoms with Crippen LogP contribution in [0.15, 0.2) is 42.7 Å². The van der Waals surface area contributed by atoms with Gasteiger partial charge in [0.25, 0.3) is 5.91 Å². The number of anilines is 2. The van der Waals surface area contributed by atoms with Crippen molar-refractivity contribution in [1.82, 2.24) is 4.98 Å². The molecule has 1 aromatic heterocycles. The lowest BCUT2D eigenvalue weighted by Crippen LogP contribution is -2.27. The fourth-order valence-electron chi connectivity index (χ4n) is 1.98. The molecule has 2 rings (SSSR count). The number of carbonyl (C=O) groups excluding carboxylic acids is 1. The van der Waals surface area contributed by atoms with Crippen LogP contribution in [-0.4, -0.2) is 24.5 Å². The van der Waals surface area contributed by atoms with Crippen LogP contribution in [0.2, 0.25) is 0 Å². The molecule has 1 heterocycles. The van der Waals surface area contributed by atoms with Crippen molar-refractivity contribution < 1.29 is 9.18 Å². The zero-order valence-corrected chi connectivity index (χ0v) is 12.1. The van der Waals surface area contributed by atoms with Crippen LogP contribution in [0.5, 0.6) is 0 Å². The molecule has 0 aliphatic heterocycles. The molecule has 1 amide bonds. The first-order valence-electron chi connectivity index (χ1n) is 6.85. The Morgan fingerprint density at radius 1 is 1.33 bits per heavy atom. The predicted molar refractivity (Wildman–Crippen MR) is 82.2 cm³/mol. The molecule has 0 bridgehead atoms. The first kappa shape index (κ1) is 15.0. The first-order valence-corrected chi connectivity index (χ1v) is 6.85. The monoisotopic (exact) mass is 287 g/mol. The molecule has 0 saturated heterocycles. The SMILES string of the molecule is CCCNc1c(F)cccc1C(=O)N(C)c1cccnc1. The van der Waals surface area contributed by atoms with Crippen LogP contribution in [0.4, 0.5) is 15.8 Å². The Kier molecular flexibility index (Phi) is 4.87. The number of para-hydroxylation sites is 1. The molecule has 0 fully saturated rings. The molecule has 0 atom stereocenters. The third kappa shape index (κ3) is 3.37. The molecule has 21 heavy (non-hydrogen) atoms. The number of halogens is 1. The number of hydrogen-bond donors (Lipinski definition) is 1. The largest absolute Gasteiger partial charge is 0.382 e. The smallest absolute Gasteiger partial charge is 0.260 e. The Morgan fingerprint density at radius 3 is 2.81 bits per heavy atom. The van der Waals surface area contributed by atoms with Crippen molar-refractivity contribution in [2.24, 2.45) is 0 Å². The Morgan fingerprint density at radius 2 is 2.14 bits per heavy atom. The Balaban J connectivity index is 2.32. The van der Waals surface area contributed by atoms with Gasteiger partial charge in [-0.3, -0.25) is 9.78 Å². The minimum absolute atomic E-state index is 0.250. The minimum Gasteiger partial charge on any atom is -0.382 e. The van der Waals surface area contributed by atoms with Crippen molar-refractivity contribution in [2.45, 2.75) is 13.3 Å². The number of carbonyl (C=O) groups is 1. The van der Waals surface area contributed by atoms with E-state index in [2.05, 4.69) is 10.3 Å². The third-order valence-corrected chi connectivity index (χ3v) is 3.13. The number of hydrogen-bond acceptors (Lipinski definition) is 3. The van der Waals surface area contributed by atoms with Gasteiger partial charge in [0.2, 0.25) is 0 Å². The standard InChI is InChI=1S/C16H18FN3O/c1-3-9-19-15-13(7-4-8-14(15)17)16(21)20(2)12-6-5-10-18-11-12/h4-8,10-11,19H,3,9H2,1-2H3. The van der Waals surface area contributed by atoms with E-state index in [1.165, 1.54) is 17.0 Å². The maximum atomic E-state index is 14.0. The second-order valence-electron chi connectivity index (χ2n) is 4.66. The fraction of sp³-hybridized carbons (Fsp3) is 0.250. The molecule has 4 nitrogen and oxygen atoms in total. The van der Waals surface area contributed by atoms with E-state index in [0.717, 1.165) is 6.42 Å². The van der Waals surface area contributed by atoms with Gasteiger partial charge in [0.05, 0.1) is 23.1 Å². The molecule has 0 unspecified atom stereocenters. The van der Waals surface area contributed by atoms with Crippen molar-refractivity contribution in [3.05, 3.63) is 54.1 Å². The number of amides is 1. The van der Waals surface area contributed by atoms with Gasteiger partial charge in [0.1, 0.15) is 5.82 Å². The summed E-state index contributed by atoms with van der Waals surface area (Å²) in [5, 5.41) is 2.98. The summed E-state index contributed by atoms with van der Waals surface area (Å²) >= 11 is 0. The summed E-state index contributed by atoms with van der Waals surface area (Å²) in [5.74, 6) is -0.699. The van der Waals surface area contributed by atoms with Crippen molar-refractivity contribution >= 4 is 17.3 Å². The normalized spacial score (nSPS) is 10.2. The molecule has 2 aromatic rings. The summed E-state index contributed by atoms with van der Waals surface area (Å²) in [6, 6.07) is 8.04. The van der Waals surface area contributed by atoms with Crippen LogP contribution in [0, 0.1) is 5.82 Å². The lowest BCUT2D eigenvalue weighted by Gasteiger charge is -2.19. The maximum Gasteiger partial charge on any atom is 0.260 e. The van der Waals surface area contributed by atoms with Gasteiger partial charge in [-0.25, -0.2) is 4.39 Å². The molecule has 0 spiro atoms. The molecule has 1 aromatic carbocycles. The van der Waals surface area contributed by atoms with Crippen molar-refractivity contribution in [1.29, 1.82) is 0 Å². The van der Waals surface area contributed by atoms with Crippen LogP contribution >= 0.6 is 0 Å². The average molecular weight is 287 g/mol. The van der Waals surface area contributed by atoms with E-state index in [0.29, 0.717) is 17.8 Å². The van der Waals surface area contributed by atoms with E-state index in [-0.39, 0.29) is 11.6 Å². The van der Waals surface area contributed by atoms with Crippen molar-refractivity contribution in [2.75, 3.05) is 23.8 Å². The summed E-state index contributed by atoms with van der Waals surface area (Å²) in [7, 11) is 1.65. The lowest BCUT2D eigenvalue weighted by atomic mass is 10.1. The number of nitrogens with one attached hydrogen (secondary N) is 1. The van der Waals surface area contributed by atoms with E-state index in [9.17, 15) is 9.18 Å². The van der Waals surface area contributed by atoms with Crippen LogP contribution in [-0.2, 0) is 0 Å². The average Bonchev–Trinajstić information content (AvgIpc) is 2.53. The van der Waals surface area contributed by atoms with E-state index in [1.807, 2.05) is 6.92 Å². The minimum atomic E-state index is -0.422. The molecule has 0 radical (unpaired) electrons. The first-order chi connectivity index (χ1) is 10.1. The van der Waals surface area contributed by atoms with Gasteiger partial charge in [-0.2, -0.15) is 0 Å². The summed E-state index contributed by atoms with van der Waals surface area (Å²) in [4.78, 5) is 18.0. The van der Waals surface area contributed by atoms with Crippen LogP contribution in [0.25, 0.3) is 0 Å². The Labute approximate surface area is 123 Å². The second kappa shape index (κ2) is 6.83. The maximum absolute atomic E-state index is 14.0. The number of rotatable bonds is 5. The van der Waals surface area contributed by atoms with Crippen LogP contribution in [0.1, 0.15) is 23.7 Å². The molecule has 1 N–H and O–H groups in total. The molecular weight excluding hydrogens is 269 g/mol. The highest BCUT2D eigenvalue weighted by Crippen LogP contribution is 2.23. The van der Waals surface area contributed by atoms with Gasteiger partial charge in [-0.05, 0) is 30.7 Å². The Bertz CT molecular complexity index is 616. The van der Waals surface area contributed by atoms with Crippen LogP contribution < -0.4 is 10.2 Å². The zero-order valence-electron chi connectivity index (χ0n) is 12.1. The van der Waals surface area contributed by atoms with Gasteiger partial charge >= 0.3 is 0 Å². The van der Waals surface area contributed by atoms with Crippen molar-refractivity contribution in [3.63, 3.8) is 0 Å². The van der Waals surface area contributed by atoms with Gasteiger partial charge in [0.15, 0.2) is 0 Å². The third-order valence-electron chi connectivity index (χ3n) is 3.13. The predicted octanol–water partition coefficient (Wildman–Crippen LogP) is 3.32. The summed E-state index contributed by atoms with van der Waals surface area (Å²) < 4.78 is 14.0. The van der Waals surface area contributed by atoms with Gasteiger partial charge in [-0.15, -0.1) is 0 Å². The number of aromatic nitrogens is 1. The fourth-order valence-corrected chi connectivity index (χ4v) is 1.98. The quantitative estimate of drug-likeness (QED) is 0.917. The Hall–Kier alpha value is -2.43. The molecule has 0 aliphatic carbocycles. The van der Waals surface area contributed by atoms with E-state index in [1.54, 1.807) is 37.6 Å². The highest BCUT2D eigenvalue weighted by atomic mass is 19.1. The van der Waals surface area contributed by atoms with Gasteiger partial charge in [0, 0.05) is 19.8 Å². The molecular formula is C16H18FN3O. The number of nitrogens with zero attached hydrogens (tertiary/aromatic N) is 2. The molecule has 0 aliphatic rings. The van der Waals surface area contributed by atoms with E-state index in [4.69, 9.17) is 0 Å². The van der Waals surface area contributed by atoms with Gasteiger partial charge < -0.3 is 10.2 Å². The zero-order chi connectivity index (χ0) is 15.2. The molecule has 5 heteroatoms. The van der Waals surface area contributed by atoms with E-state index < -0.39 is 5.82 Å². The molecule has 110 valence electrons. The topological polar surface area (TPSA) is 45.2 Å². The summed E-state index contributed by atoms with van der Waals surface area (Å²) in [6.45, 7) is 2.59. The lowest BCUT2D eigenvalue weighted by molar-refractivity contribution is 0.0993. The highest BCUT2D eigenvalue weighted by Gasteiger charge is 2.19. The molecule has 0 saturated carbocycles. The summed E-state index contributed by atoms with van der Waals surface area (Å²) in [5.41, 5.74) is 1.23. The number of benzene rings is 1. The highest BCUT2D eigenvalue weighted by molar-refractivity contribution is 6.09. The van der Waals surface area contributed by atoms with Crippen molar-refractivity contribution in [3.8, 4) is 0 Å². The van der Waals surface area contributed by atoms with E-state index >= 15 is 0 Å². The summed E-state index contributed by atoms with van der Waals surface area (Å²) in [6.07, 6.45) is 4.08. The van der Waals surface area contributed by atoms with Gasteiger partial charge in [-0.1, -0.05) is 13.0 Å². The number of pyridine rings is 1. The van der Waals surface area contributed by atoms with Crippen LogP contribution in [0.3, 0.4) is 0 Å².